The van der Waals surface area contributed by atoms with E-state index in [4.69, 9.17) is 17.4 Å². The Bertz CT molecular complexity index is 1370. The number of hydrogen-bond acceptors (Lipinski definition) is 5. The molecule has 0 atom stereocenters. The molecule has 4 aromatic rings. The second kappa shape index (κ2) is 8.76. The highest BCUT2D eigenvalue weighted by Crippen LogP contribution is 2.25. The first kappa shape index (κ1) is 20.2. The van der Waals surface area contributed by atoms with Gasteiger partial charge in [0, 0.05) is 40.0 Å². The first-order valence-electron chi connectivity index (χ1n) is 9.22. The summed E-state index contributed by atoms with van der Waals surface area (Å²) in [5.74, 6) is 11.0. The molecule has 0 aliphatic carbocycles. The molecule has 0 saturated carbocycles. The summed E-state index contributed by atoms with van der Waals surface area (Å²) in [6.07, 6.45) is 3.94. The van der Waals surface area contributed by atoms with Gasteiger partial charge in [-0.2, -0.15) is 0 Å². The fourth-order valence-corrected chi connectivity index (χ4v) is 3.29. The Kier molecular flexibility index (Phi) is 5.72. The smallest absolute Gasteiger partial charge is 0.265 e. The van der Waals surface area contributed by atoms with Crippen LogP contribution >= 0.6 is 11.6 Å². The van der Waals surface area contributed by atoms with E-state index in [0.29, 0.717) is 38.3 Å². The average molecular weight is 427 g/mol. The summed E-state index contributed by atoms with van der Waals surface area (Å²) in [6.45, 7) is 0. The molecular formula is C24H15ClN4O2. The van der Waals surface area contributed by atoms with Gasteiger partial charge in [-0.25, -0.2) is 10.8 Å². The number of halogens is 1. The SMILES string of the molecule is NNC(=O)c1cc(-c2ccc(C#Cc3ccc(C=O)cc3Cl)cc2)nc2ccncc12. The van der Waals surface area contributed by atoms with Gasteiger partial charge in [-0.05, 0) is 36.4 Å². The molecule has 2 aromatic carbocycles. The Morgan fingerprint density at radius 1 is 1.06 bits per heavy atom. The molecule has 0 radical (unpaired) electrons. The number of nitrogens with zero attached hydrogens (tertiary/aromatic N) is 2. The quantitative estimate of drug-likeness (QED) is 0.171. The summed E-state index contributed by atoms with van der Waals surface area (Å²) in [5, 5.41) is 1.04. The predicted molar refractivity (Wildman–Crippen MR) is 119 cm³/mol. The molecule has 0 fully saturated rings. The molecule has 4 rings (SSSR count). The summed E-state index contributed by atoms with van der Waals surface area (Å²) < 4.78 is 0. The van der Waals surface area contributed by atoms with Crippen LogP contribution in [-0.2, 0) is 0 Å². The Hall–Kier alpha value is -4.05. The van der Waals surface area contributed by atoms with E-state index in [9.17, 15) is 9.59 Å². The van der Waals surface area contributed by atoms with Crippen LogP contribution in [0.5, 0.6) is 0 Å². The van der Waals surface area contributed by atoms with E-state index in [1.165, 1.54) is 0 Å². The third-order valence-electron chi connectivity index (χ3n) is 4.64. The highest BCUT2D eigenvalue weighted by Gasteiger charge is 2.13. The van der Waals surface area contributed by atoms with Crippen molar-refractivity contribution < 1.29 is 9.59 Å². The number of carbonyl (C=O) groups excluding carboxylic acids is 2. The van der Waals surface area contributed by atoms with Crippen molar-refractivity contribution in [3.63, 3.8) is 0 Å². The summed E-state index contributed by atoms with van der Waals surface area (Å²) in [5.41, 5.74) is 6.57. The van der Waals surface area contributed by atoms with Crippen LogP contribution in [0.4, 0.5) is 0 Å². The van der Waals surface area contributed by atoms with Gasteiger partial charge in [-0.3, -0.25) is 20.0 Å². The number of amides is 1. The molecule has 0 unspecified atom stereocenters. The maximum absolute atomic E-state index is 12.2. The van der Waals surface area contributed by atoms with E-state index >= 15 is 0 Å². The molecule has 31 heavy (non-hydrogen) atoms. The van der Waals surface area contributed by atoms with Crippen molar-refractivity contribution >= 4 is 34.7 Å². The molecule has 0 spiro atoms. The van der Waals surface area contributed by atoms with Gasteiger partial charge >= 0.3 is 0 Å². The number of pyridine rings is 2. The van der Waals surface area contributed by atoms with Gasteiger partial charge < -0.3 is 0 Å². The second-order valence-electron chi connectivity index (χ2n) is 6.61. The normalized spacial score (nSPS) is 10.3. The molecule has 1 amide bonds. The minimum atomic E-state index is -0.415. The van der Waals surface area contributed by atoms with Gasteiger partial charge in [0.1, 0.15) is 6.29 Å². The number of aldehydes is 1. The lowest BCUT2D eigenvalue weighted by atomic mass is 10.0. The molecule has 6 nitrogen and oxygen atoms in total. The minimum Gasteiger partial charge on any atom is -0.298 e. The molecule has 2 aromatic heterocycles. The van der Waals surface area contributed by atoms with Gasteiger partial charge in [0.2, 0.25) is 0 Å². The molecule has 0 bridgehead atoms. The highest BCUT2D eigenvalue weighted by molar-refractivity contribution is 6.32. The zero-order chi connectivity index (χ0) is 21.8. The molecule has 0 saturated heterocycles. The second-order valence-corrected chi connectivity index (χ2v) is 7.01. The van der Waals surface area contributed by atoms with Crippen LogP contribution in [0.25, 0.3) is 22.2 Å². The average Bonchev–Trinajstić information content (AvgIpc) is 2.82. The van der Waals surface area contributed by atoms with Gasteiger partial charge in [0.15, 0.2) is 0 Å². The van der Waals surface area contributed by atoms with E-state index in [1.807, 2.05) is 24.3 Å². The van der Waals surface area contributed by atoms with Gasteiger partial charge in [-0.1, -0.05) is 41.6 Å². The predicted octanol–water partition coefficient (Wildman–Crippen LogP) is 3.77. The fraction of sp³-hybridized carbons (Fsp3) is 0. The first-order valence-corrected chi connectivity index (χ1v) is 9.60. The summed E-state index contributed by atoms with van der Waals surface area (Å²) in [4.78, 5) is 31.7. The molecule has 150 valence electrons. The van der Waals surface area contributed by atoms with Crippen LogP contribution in [0.3, 0.4) is 0 Å². The zero-order valence-corrected chi connectivity index (χ0v) is 16.9. The lowest BCUT2D eigenvalue weighted by Crippen LogP contribution is -2.30. The monoisotopic (exact) mass is 426 g/mol. The number of nitrogen functional groups attached to an aromatic ring is 1. The Morgan fingerprint density at radius 2 is 1.87 bits per heavy atom. The Balaban J connectivity index is 1.67. The number of carbonyl (C=O) groups is 2. The number of nitrogens with one attached hydrogen (secondary N) is 1. The van der Waals surface area contributed by atoms with E-state index in [-0.39, 0.29) is 0 Å². The molecule has 0 aliphatic rings. The third kappa shape index (κ3) is 4.28. The van der Waals surface area contributed by atoms with Crippen LogP contribution in [0.1, 0.15) is 31.8 Å². The van der Waals surface area contributed by atoms with Crippen LogP contribution < -0.4 is 11.3 Å². The van der Waals surface area contributed by atoms with Crippen molar-refractivity contribution in [2.45, 2.75) is 0 Å². The Labute approximate surface area is 183 Å². The lowest BCUT2D eigenvalue weighted by Gasteiger charge is -2.08. The van der Waals surface area contributed by atoms with Crippen LogP contribution in [0.15, 0.2) is 67.0 Å². The molecule has 3 N–H and O–H groups in total. The number of nitrogens with two attached hydrogens (primary N) is 1. The van der Waals surface area contributed by atoms with E-state index in [1.54, 1.807) is 42.7 Å². The maximum Gasteiger partial charge on any atom is 0.265 e. The summed E-state index contributed by atoms with van der Waals surface area (Å²) in [6, 6.07) is 15.9. The van der Waals surface area contributed by atoms with Crippen molar-refractivity contribution in [3.8, 4) is 23.1 Å². The number of rotatable bonds is 3. The van der Waals surface area contributed by atoms with Crippen LogP contribution in [-0.4, -0.2) is 22.2 Å². The Morgan fingerprint density at radius 3 is 2.58 bits per heavy atom. The topological polar surface area (TPSA) is 98.0 Å². The van der Waals surface area contributed by atoms with Crippen molar-refractivity contribution in [1.29, 1.82) is 0 Å². The third-order valence-corrected chi connectivity index (χ3v) is 4.95. The summed E-state index contributed by atoms with van der Waals surface area (Å²) >= 11 is 6.16. The summed E-state index contributed by atoms with van der Waals surface area (Å²) in [7, 11) is 0. The number of hydrazine groups is 1. The number of fused-ring (bicyclic) bond motifs is 1. The van der Waals surface area contributed by atoms with Gasteiger partial charge in [0.25, 0.3) is 5.91 Å². The number of benzene rings is 2. The number of hydrogen-bond donors (Lipinski definition) is 2. The fourth-order valence-electron chi connectivity index (χ4n) is 3.05. The van der Waals surface area contributed by atoms with Crippen molar-refractivity contribution in [1.82, 2.24) is 15.4 Å². The highest BCUT2D eigenvalue weighted by atomic mass is 35.5. The molecule has 0 aliphatic heterocycles. The lowest BCUT2D eigenvalue weighted by molar-refractivity contribution is 0.0955. The zero-order valence-electron chi connectivity index (χ0n) is 16.1. The minimum absolute atomic E-state index is 0.396. The standard InChI is InChI=1S/C24H15ClN4O2/c25-21-11-16(14-30)4-6-17(21)5-1-15-2-7-18(8-3-15)23-12-19(24(31)29-26)20-13-27-10-9-22(20)28-23/h2-4,6-14H,26H2,(H,29,31). The molecule has 2 heterocycles. The largest absolute Gasteiger partial charge is 0.298 e. The van der Waals surface area contributed by atoms with E-state index in [0.717, 1.165) is 17.4 Å². The van der Waals surface area contributed by atoms with Crippen molar-refractivity contribution in [3.05, 3.63) is 94.3 Å². The van der Waals surface area contributed by atoms with E-state index in [2.05, 4.69) is 27.2 Å². The maximum atomic E-state index is 12.2. The van der Waals surface area contributed by atoms with Gasteiger partial charge in [0.05, 0.1) is 21.8 Å². The van der Waals surface area contributed by atoms with Crippen LogP contribution in [0, 0.1) is 11.8 Å². The van der Waals surface area contributed by atoms with Crippen molar-refractivity contribution in [2.75, 3.05) is 0 Å². The first-order chi connectivity index (χ1) is 15.1. The molecular weight excluding hydrogens is 412 g/mol. The number of aromatic nitrogens is 2. The molecule has 7 heteroatoms. The van der Waals surface area contributed by atoms with Crippen molar-refractivity contribution in [2.24, 2.45) is 5.84 Å². The van der Waals surface area contributed by atoms with Gasteiger partial charge in [-0.15, -0.1) is 0 Å². The van der Waals surface area contributed by atoms with E-state index < -0.39 is 5.91 Å². The van der Waals surface area contributed by atoms with Crippen LogP contribution in [0.2, 0.25) is 5.02 Å².